The largest absolute Gasteiger partial charge is 0.321 e. The summed E-state index contributed by atoms with van der Waals surface area (Å²) in [6.45, 7) is 1.86. The van der Waals surface area contributed by atoms with Gasteiger partial charge in [0.1, 0.15) is 5.01 Å². The Morgan fingerprint density at radius 3 is 2.66 bits per heavy atom. The zero-order valence-corrected chi connectivity index (χ0v) is 17.7. The maximum absolute atomic E-state index is 13.1. The Bertz CT molecular complexity index is 1390. The standard InChI is InChI=1S/C21H14BrN5OS/c1-12-24-25-21-27(12)26-20(29-21)16-6-2-3-11-18(16)23-19(28)15-9-4-8-14-13(15)7-5-10-17(14)22/h2-11H,1H3,(H,23,28). The molecule has 142 valence electrons. The van der Waals surface area contributed by atoms with Crippen LogP contribution in [0, 0.1) is 6.92 Å². The Morgan fingerprint density at radius 1 is 1.00 bits per heavy atom. The van der Waals surface area contributed by atoms with Crippen molar-refractivity contribution in [3.05, 3.63) is 76.5 Å². The van der Waals surface area contributed by atoms with Crippen molar-refractivity contribution in [2.45, 2.75) is 6.92 Å². The van der Waals surface area contributed by atoms with Gasteiger partial charge in [-0.1, -0.05) is 63.7 Å². The van der Waals surface area contributed by atoms with E-state index in [9.17, 15) is 4.79 Å². The third kappa shape index (κ3) is 3.10. The summed E-state index contributed by atoms with van der Waals surface area (Å²) >= 11 is 4.99. The number of rotatable bonds is 3. The summed E-state index contributed by atoms with van der Waals surface area (Å²) in [6, 6.07) is 19.2. The molecule has 0 unspecified atom stereocenters. The van der Waals surface area contributed by atoms with Crippen molar-refractivity contribution in [3.8, 4) is 10.6 Å². The van der Waals surface area contributed by atoms with Crippen molar-refractivity contribution in [1.82, 2.24) is 19.8 Å². The molecule has 8 heteroatoms. The van der Waals surface area contributed by atoms with Crippen LogP contribution in [0.5, 0.6) is 0 Å². The molecule has 0 aliphatic carbocycles. The Morgan fingerprint density at radius 2 is 1.79 bits per heavy atom. The molecule has 5 rings (SSSR count). The minimum atomic E-state index is -0.166. The Balaban J connectivity index is 1.55. The number of nitrogens with zero attached hydrogens (tertiary/aromatic N) is 4. The highest BCUT2D eigenvalue weighted by atomic mass is 79.9. The number of carbonyl (C=O) groups is 1. The second-order valence-corrected chi connectivity index (χ2v) is 8.30. The number of anilines is 1. The minimum Gasteiger partial charge on any atom is -0.321 e. The SMILES string of the molecule is Cc1nnc2sc(-c3ccccc3NC(=O)c3cccc4c(Br)cccc34)nn12. The fraction of sp³-hybridized carbons (Fsp3) is 0.0476. The van der Waals surface area contributed by atoms with Crippen LogP contribution < -0.4 is 5.32 Å². The van der Waals surface area contributed by atoms with Gasteiger partial charge < -0.3 is 5.32 Å². The molecule has 0 radical (unpaired) electrons. The highest BCUT2D eigenvalue weighted by Crippen LogP contribution is 2.32. The number of carbonyl (C=O) groups excluding carboxylic acids is 1. The van der Waals surface area contributed by atoms with Crippen LogP contribution in [0.15, 0.2) is 65.1 Å². The minimum absolute atomic E-state index is 0.166. The van der Waals surface area contributed by atoms with Crippen molar-refractivity contribution < 1.29 is 4.79 Å². The van der Waals surface area contributed by atoms with Gasteiger partial charge in [0.2, 0.25) is 4.96 Å². The van der Waals surface area contributed by atoms with Crippen LogP contribution in [-0.2, 0) is 0 Å². The molecule has 0 saturated heterocycles. The third-order valence-electron chi connectivity index (χ3n) is 4.67. The first-order valence-corrected chi connectivity index (χ1v) is 10.5. The number of fused-ring (bicyclic) bond motifs is 2. The molecule has 5 aromatic rings. The van der Waals surface area contributed by atoms with Crippen molar-refractivity contribution in [2.24, 2.45) is 0 Å². The van der Waals surface area contributed by atoms with Crippen LogP contribution in [0.3, 0.4) is 0 Å². The zero-order chi connectivity index (χ0) is 20.0. The number of aryl methyl sites for hydroxylation is 1. The molecule has 6 nitrogen and oxygen atoms in total. The van der Waals surface area contributed by atoms with Crippen molar-refractivity contribution in [3.63, 3.8) is 0 Å². The number of hydrogen-bond donors (Lipinski definition) is 1. The molecule has 0 aliphatic heterocycles. The highest BCUT2D eigenvalue weighted by molar-refractivity contribution is 9.10. The lowest BCUT2D eigenvalue weighted by atomic mass is 10.0. The fourth-order valence-electron chi connectivity index (χ4n) is 3.26. The number of aromatic nitrogens is 4. The van der Waals surface area contributed by atoms with E-state index in [-0.39, 0.29) is 5.91 Å². The Kier molecular flexibility index (Phi) is 4.37. The Hall–Kier alpha value is -3.10. The molecule has 0 bridgehead atoms. The lowest BCUT2D eigenvalue weighted by Gasteiger charge is -2.11. The van der Waals surface area contributed by atoms with E-state index in [0.717, 1.165) is 36.6 Å². The normalized spacial score (nSPS) is 11.2. The average molecular weight is 464 g/mol. The van der Waals surface area contributed by atoms with E-state index in [1.807, 2.05) is 67.6 Å². The van der Waals surface area contributed by atoms with Crippen LogP contribution in [0.4, 0.5) is 5.69 Å². The third-order valence-corrected chi connectivity index (χ3v) is 6.29. The maximum atomic E-state index is 13.1. The summed E-state index contributed by atoms with van der Waals surface area (Å²) in [4.78, 5) is 13.8. The van der Waals surface area contributed by atoms with E-state index in [4.69, 9.17) is 0 Å². The van der Waals surface area contributed by atoms with Gasteiger partial charge >= 0.3 is 0 Å². The molecule has 2 heterocycles. The first-order valence-electron chi connectivity index (χ1n) is 8.88. The molecule has 1 amide bonds. The molecule has 0 atom stereocenters. The number of hydrogen-bond acceptors (Lipinski definition) is 5. The summed E-state index contributed by atoms with van der Waals surface area (Å²) in [6.07, 6.45) is 0. The van der Waals surface area contributed by atoms with E-state index in [1.165, 1.54) is 11.3 Å². The predicted octanol–water partition coefficient (Wildman–Crippen LogP) is 5.33. The second kappa shape index (κ2) is 7.06. The van der Waals surface area contributed by atoms with Gasteiger partial charge in [0.15, 0.2) is 5.82 Å². The average Bonchev–Trinajstić information content (AvgIpc) is 3.30. The van der Waals surface area contributed by atoms with E-state index < -0.39 is 0 Å². The summed E-state index contributed by atoms with van der Waals surface area (Å²) in [5.41, 5.74) is 2.16. The van der Waals surface area contributed by atoms with E-state index in [1.54, 1.807) is 4.52 Å². The molecule has 29 heavy (non-hydrogen) atoms. The van der Waals surface area contributed by atoms with Gasteiger partial charge in [-0.2, -0.15) is 9.61 Å². The van der Waals surface area contributed by atoms with E-state index in [2.05, 4.69) is 36.5 Å². The lowest BCUT2D eigenvalue weighted by Crippen LogP contribution is -2.13. The summed E-state index contributed by atoms with van der Waals surface area (Å²) in [7, 11) is 0. The van der Waals surface area contributed by atoms with Gasteiger partial charge in [-0.25, -0.2) is 0 Å². The number of nitrogens with one attached hydrogen (secondary N) is 1. The summed E-state index contributed by atoms with van der Waals surface area (Å²) in [5.74, 6) is 0.561. The monoisotopic (exact) mass is 463 g/mol. The predicted molar refractivity (Wildman–Crippen MR) is 118 cm³/mol. The van der Waals surface area contributed by atoms with Gasteiger partial charge in [-0.05, 0) is 42.0 Å². The fourth-order valence-corrected chi connectivity index (χ4v) is 4.68. The van der Waals surface area contributed by atoms with Crippen LogP contribution in [0.1, 0.15) is 16.2 Å². The maximum Gasteiger partial charge on any atom is 0.256 e. The van der Waals surface area contributed by atoms with E-state index in [0.29, 0.717) is 11.3 Å². The zero-order valence-electron chi connectivity index (χ0n) is 15.3. The van der Waals surface area contributed by atoms with Gasteiger partial charge in [0, 0.05) is 15.6 Å². The number of halogens is 1. The number of para-hydroxylation sites is 1. The van der Waals surface area contributed by atoms with Gasteiger partial charge in [-0.15, -0.1) is 10.2 Å². The van der Waals surface area contributed by atoms with Crippen molar-refractivity contribution in [2.75, 3.05) is 5.32 Å². The molecular weight excluding hydrogens is 450 g/mol. The highest BCUT2D eigenvalue weighted by Gasteiger charge is 2.17. The molecule has 0 saturated carbocycles. The molecule has 0 fully saturated rings. The van der Waals surface area contributed by atoms with Crippen molar-refractivity contribution in [1.29, 1.82) is 0 Å². The summed E-state index contributed by atoms with van der Waals surface area (Å²) < 4.78 is 2.67. The van der Waals surface area contributed by atoms with Crippen molar-refractivity contribution >= 4 is 54.6 Å². The molecule has 0 aliphatic rings. The topological polar surface area (TPSA) is 72.2 Å². The van der Waals surface area contributed by atoms with Gasteiger partial charge in [-0.3, -0.25) is 4.79 Å². The quantitative estimate of drug-likeness (QED) is 0.392. The second-order valence-electron chi connectivity index (χ2n) is 6.49. The van der Waals surface area contributed by atoms with Crippen LogP contribution in [0.2, 0.25) is 0 Å². The van der Waals surface area contributed by atoms with Crippen LogP contribution >= 0.6 is 27.3 Å². The van der Waals surface area contributed by atoms with Gasteiger partial charge in [0.05, 0.1) is 5.69 Å². The lowest BCUT2D eigenvalue weighted by molar-refractivity contribution is 0.102. The molecular formula is C21H14BrN5OS. The Labute approximate surface area is 178 Å². The molecule has 2 aromatic heterocycles. The van der Waals surface area contributed by atoms with Crippen LogP contribution in [-0.4, -0.2) is 25.7 Å². The first-order chi connectivity index (χ1) is 14.1. The smallest absolute Gasteiger partial charge is 0.256 e. The van der Waals surface area contributed by atoms with E-state index >= 15 is 0 Å². The van der Waals surface area contributed by atoms with Gasteiger partial charge in [0.25, 0.3) is 5.91 Å². The first kappa shape index (κ1) is 18.0. The van der Waals surface area contributed by atoms with Crippen LogP contribution in [0.25, 0.3) is 26.3 Å². The molecule has 3 aromatic carbocycles. The molecule has 1 N–H and O–H groups in total. The number of amides is 1. The number of benzene rings is 3. The molecule has 0 spiro atoms. The summed E-state index contributed by atoms with van der Waals surface area (Å²) in [5, 5.41) is 18.5.